The summed E-state index contributed by atoms with van der Waals surface area (Å²) in [7, 11) is 0. The van der Waals surface area contributed by atoms with Crippen LogP contribution in [0.1, 0.15) is 47.2 Å². The minimum atomic E-state index is -0.350. The third kappa shape index (κ3) is 3.81. The minimum Gasteiger partial charge on any atom is -0.393 e. The number of hydrogen-bond acceptors (Lipinski definition) is 5. The maximum atomic E-state index is 12.8. The molecule has 146 valence electrons. The van der Waals surface area contributed by atoms with E-state index in [1.165, 1.54) is 6.07 Å². The molecule has 1 amide bonds. The average Bonchev–Trinajstić information content (AvgIpc) is 3.11. The van der Waals surface area contributed by atoms with Gasteiger partial charge in [-0.1, -0.05) is 17.1 Å². The van der Waals surface area contributed by atoms with E-state index >= 15 is 0 Å². The molecule has 0 spiro atoms. The van der Waals surface area contributed by atoms with Crippen LogP contribution < -0.4 is 5.32 Å². The van der Waals surface area contributed by atoms with Gasteiger partial charge in [-0.2, -0.15) is 9.84 Å². The van der Waals surface area contributed by atoms with Crippen LogP contribution in [0.3, 0.4) is 0 Å². The summed E-state index contributed by atoms with van der Waals surface area (Å²) < 4.78 is 1.94. The van der Waals surface area contributed by atoms with Crippen molar-refractivity contribution in [2.45, 2.75) is 38.4 Å². The van der Waals surface area contributed by atoms with Crippen molar-refractivity contribution >= 4 is 29.0 Å². The van der Waals surface area contributed by atoms with E-state index in [9.17, 15) is 15.0 Å². The number of aliphatic imine (C=N–C) groups is 1. The molecule has 1 aliphatic carbocycles. The molecule has 29 heavy (non-hydrogen) atoms. The van der Waals surface area contributed by atoms with Crippen molar-refractivity contribution in [3.8, 4) is 6.07 Å². The molecule has 1 fully saturated rings. The van der Waals surface area contributed by atoms with Crippen molar-refractivity contribution < 1.29 is 19.6 Å². The van der Waals surface area contributed by atoms with Crippen LogP contribution in [0.25, 0.3) is 0 Å². The van der Waals surface area contributed by atoms with E-state index in [2.05, 4.69) is 10.3 Å². The molecule has 0 unspecified atom stereocenters. The van der Waals surface area contributed by atoms with Crippen molar-refractivity contribution in [3.05, 3.63) is 59.2 Å². The lowest BCUT2D eigenvalue weighted by atomic mass is 9.95. The topological polar surface area (TPSA) is 109 Å². The van der Waals surface area contributed by atoms with E-state index in [0.717, 1.165) is 17.0 Å². The standard InChI is InChI=1S/C22H20N4O3/c23-12-14-2-1-3-16(10-14)21(29)25-22-24-19-11-15(13-27)4-9-20(19)26(22)17-5-7-18(28)8-6-17/h1-4,9-11,18,27-28H,5-8,13H2/p+1. The number of benzene rings is 2. The van der Waals surface area contributed by atoms with Gasteiger partial charge in [0.1, 0.15) is 5.69 Å². The number of nitrogens with one attached hydrogen (secondary N) is 1. The lowest BCUT2D eigenvalue weighted by Crippen LogP contribution is -2.39. The predicted molar refractivity (Wildman–Crippen MR) is 107 cm³/mol. The van der Waals surface area contributed by atoms with Crippen molar-refractivity contribution in [2.75, 3.05) is 0 Å². The van der Waals surface area contributed by atoms with E-state index in [1.807, 2.05) is 22.8 Å². The van der Waals surface area contributed by atoms with E-state index in [1.54, 1.807) is 24.3 Å². The van der Waals surface area contributed by atoms with Gasteiger partial charge in [-0.05, 0) is 48.7 Å². The van der Waals surface area contributed by atoms with Gasteiger partial charge in [0.15, 0.2) is 5.69 Å². The Hall–Kier alpha value is -3.34. The number of carbonyl (C=O) groups is 1. The summed E-state index contributed by atoms with van der Waals surface area (Å²) in [5, 5.41) is 31.2. The molecule has 0 bridgehead atoms. The first-order valence-corrected chi connectivity index (χ1v) is 9.56. The number of guanidine groups is 1. The van der Waals surface area contributed by atoms with Crippen molar-refractivity contribution in [3.63, 3.8) is 0 Å². The Morgan fingerprint density at radius 2 is 2.03 bits per heavy atom. The van der Waals surface area contributed by atoms with Crippen LogP contribution in [-0.2, 0) is 6.61 Å². The highest BCUT2D eigenvalue weighted by atomic mass is 16.3. The Morgan fingerprint density at radius 3 is 2.76 bits per heavy atom. The van der Waals surface area contributed by atoms with Crippen LogP contribution in [0.2, 0.25) is 0 Å². The summed E-state index contributed by atoms with van der Waals surface area (Å²) in [6.07, 6.45) is 2.45. The molecule has 7 nitrogen and oxygen atoms in total. The van der Waals surface area contributed by atoms with Crippen LogP contribution in [0, 0.1) is 11.3 Å². The molecule has 4 rings (SSSR count). The van der Waals surface area contributed by atoms with Gasteiger partial charge < -0.3 is 10.2 Å². The first kappa shape index (κ1) is 19.0. The van der Waals surface area contributed by atoms with Crippen LogP contribution >= 0.6 is 0 Å². The molecular weight excluding hydrogens is 368 g/mol. The van der Waals surface area contributed by atoms with Crippen molar-refractivity contribution in [1.29, 1.82) is 5.26 Å². The largest absolute Gasteiger partial charge is 0.404 e. The molecule has 0 radical (unpaired) electrons. The van der Waals surface area contributed by atoms with Gasteiger partial charge in [-0.25, -0.2) is 5.32 Å². The van der Waals surface area contributed by atoms with Gasteiger partial charge in [0.2, 0.25) is 0 Å². The molecule has 0 aromatic heterocycles. The molecular formula is C22H21N4O3+. The number of fused-ring (bicyclic) bond motifs is 1. The quantitative estimate of drug-likeness (QED) is 0.686. The fraction of sp³-hybridized carbons (Fsp3) is 0.273. The summed E-state index contributed by atoms with van der Waals surface area (Å²) in [4.78, 5) is 17.4. The number of nitrogens with zero attached hydrogens (tertiary/aromatic N) is 3. The maximum absolute atomic E-state index is 12.8. The van der Waals surface area contributed by atoms with E-state index in [-0.39, 0.29) is 18.6 Å². The van der Waals surface area contributed by atoms with Crippen LogP contribution in [0.4, 0.5) is 11.4 Å². The van der Waals surface area contributed by atoms with E-state index in [4.69, 9.17) is 5.26 Å². The van der Waals surface area contributed by atoms with Crippen LogP contribution in [-0.4, -0.2) is 38.5 Å². The zero-order valence-electron chi connectivity index (χ0n) is 15.8. The Morgan fingerprint density at radius 1 is 1.24 bits per heavy atom. The first-order chi connectivity index (χ1) is 14.1. The molecule has 1 saturated carbocycles. The summed E-state index contributed by atoms with van der Waals surface area (Å²) >= 11 is 0. The maximum Gasteiger partial charge on any atom is 0.404 e. The van der Waals surface area contributed by atoms with Crippen LogP contribution in [0.5, 0.6) is 0 Å². The summed E-state index contributed by atoms with van der Waals surface area (Å²) in [6, 6.07) is 14.1. The van der Waals surface area contributed by atoms with Gasteiger partial charge in [0, 0.05) is 12.8 Å². The molecule has 1 aliphatic heterocycles. The summed E-state index contributed by atoms with van der Waals surface area (Å²) in [5.41, 5.74) is 4.13. The SMILES string of the molecule is N#Cc1cccc(C(=O)NC2=Nc3cc(CO)ccc3[N+]2=C2CCC(O)CC2)c1. The number of hydrogen-bond donors (Lipinski definition) is 3. The zero-order chi connectivity index (χ0) is 20.4. The van der Waals surface area contributed by atoms with Gasteiger partial charge in [0.05, 0.1) is 35.6 Å². The van der Waals surface area contributed by atoms with E-state index < -0.39 is 0 Å². The highest BCUT2D eigenvalue weighted by Crippen LogP contribution is 2.35. The Bertz CT molecular complexity index is 1070. The molecule has 0 atom stereocenters. The number of rotatable bonds is 2. The lowest BCUT2D eigenvalue weighted by Gasteiger charge is -2.20. The minimum absolute atomic E-state index is 0.0891. The monoisotopic (exact) mass is 389 g/mol. The van der Waals surface area contributed by atoms with Gasteiger partial charge in [-0.15, -0.1) is 0 Å². The Labute approximate surface area is 168 Å². The molecule has 7 heteroatoms. The second-order valence-corrected chi connectivity index (χ2v) is 7.20. The molecule has 0 saturated heterocycles. The second kappa shape index (κ2) is 7.95. The molecule has 2 aliphatic rings. The molecule has 3 N–H and O–H groups in total. The fourth-order valence-corrected chi connectivity index (χ4v) is 3.69. The molecule has 2 aromatic rings. The Balaban J connectivity index is 1.71. The second-order valence-electron chi connectivity index (χ2n) is 7.20. The number of aliphatic hydroxyl groups excluding tert-OH is 2. The third-order valence-electron chi connectivity index (χ3n) is 5.23. The molecule has 2 aromatic carbocycles. The lowest BCUT2D eigenvalue weighted by molar-refractivity contribution is -0.309. The molecule has 1 heterocycles. The average molecular weight is 389 g/mol. The van der Waals surface area contributed by atoms with Gasteiger partial charge in [0.25, 0.3) is 0 Å². The normalized spacial score (nSPS) is 18.1. The van der Waals surface area contributed by atoms with Gasteiger partial charge >= 0.3 is 11.9 Å². The third-order valence-corrected chi connectivity index (χ3v) is 5.23. The first-order valence-electron chi connectivity index (χ1n) is 9.56. The highest BCUT2D eigenvalue weighted by Gasteiger charge is 2.34. The summed E-state index contributed by atoms with van der Waals surface area (Å²) in [5.74, 6) is 0.0475. The predicted octanol–water partition coefficient (Wildman–Crippen LogP) is 2.50. The Kier molecular flexibility index (Phi) is 5.21. The van der Waals surface area contributed by atoms with Gasteiger partial charge in [-0.3, -0.25) is 4.79 Å². The van der Waals surface area contributed by atoms with Crippen molar-refractivity contribution in [2.24, 2.45) is 4.99 Å². The number of aliphatic hydroxyl groups is 2. The smallest absolute Gasteiger partial charge is 0.393 e. The zero-order valence-corrected chi connectivity index (χ0v) is 15.8. The van der Waals surface area contributed by atoms with Crippen LogP contribution in [0.15, 0.2) is 47.5 Å². The number of amides is 1. The van der Waals surface area contributed by atoms with E-state index in [0.29, 0.717) is 48.5 Å². The number of nitriles is 1. The number of carbonyl (C=O) groups excluding carboxylic acids is 1. The van der Waals surface area contributed by atoms with Crippen molar-refractivity contribution in [1.82, 2.24) is 5.32 Å². The summed E-state index contributed by atoms with van der Waals surface area (Å²) in [6.45, 7) is -0.0891. The highest BCUT2D eigenvalue weighted by molar-refractivity contribution is 6.07. The fourth-order valence-electron chi connectivity index (χ4n) is 3.69.